The molecule has 4 rings (SSSR count). The average molecular weight is 443 g/mol. The number of hydrogen-bond acceptors (Lipinski definition) is 4. The number of rotatable bonds is 3. The molecule has 0 aliphatic carbocycles. The van der Waals surface area contributed by atoms with E-state index < -0.39 is 12.2 Å². The Morgan fingerprint density at radius 2 is 1.94 bits per heavy atom. The molecule has 3 aliphatic rings. The topological polar surface area (TPSA) is 59.4 Å². The molecule has 4 heterocycles. The quantitative estimate of drug-likeness (QED) is 0.759. The van der Waals surface area contributed by atoms with Crippen molar-refractivity contribution in [2.45, 2.75) is 89.1 Å². The second kappa shape index (κ2) is 8.30. The smallest absolute Gasteiger partial charge is 0.378 e. The molecule has 1 amide bonds. The molecule has 2 saturated heterocycles. The van der Waals surface area contributed by atoms with Crippen LogP contribution in [0.1, 0.15) is 71.0 Å². The Hall–Kier alpha value is -1.77. The molecule has 0 saturated carbocycles. The van der Waals surface area contributed by atoms with E-state index in [-0.39, 0.29) is 35.8 Å². The normalized spacial score (nSPS) is 27.8. The molecular weight excluding hydrogens is 409 g/mol. The lowest BCUT2D eigenvalue weighted by Gasteiger charge is -2.41. The first-order valence-electron chi connectivity index (χ1n) is 11.3. The highest BCUT2D eigenvalue weighted by molar-refractivity contribution is 5.76. The van der Waals surface area contributed by atoms with Crippen LogP contribution in [0.15, 0.2) is 6.07 Å². The van der Waals surface area contributed by atoms with Gasteiger partial charge in [0.2, 0.25) is 5.91 Å². The van der Waals surface area contributed by atoms with Gasteiger partial charge in [-0.3, -0.25) is 4.79 Å². The number of ether oxygens (including phenoxy) is 1. The second-order valence-corrected chi connectivity index (χ2v) is 10.2. The summed E-state index contributed by atoms with van der Waals surface area (Å²) in [6.07, 6.45) is -0.602. The highest BCUT2D eigenvalue weighted by Gasteiger charge is 2.48. The van der Waals surface area contributed by atoms with Gasteiger partial charge >= 0.3 is 6.18 Å². The molecule has 2 fully saturated rings. The minimum Gasteiger partial charge on any atom is -0.378 e. The second-order valence-electron chi connectivity index (χ2n) is 10.2. The number of aromatic nitrogens is 2. The Bertz CT molecular complexity index is 788. The number of carbonyl (C=O) groups excluding carboxylic acids is 1. The third kappa shape index (κ3) is 4.86. The zero-order chi connectivity index (χ0) is 22.4. The molecule has 0 aromatic carbocycles. The summed E-state index contributed by atoms with van der Waals surface area (Å²) in [4.78, 5) is 14.4. The maximum absolute atomic E-state index is 13.9. The van der Waals surface area contributed by atoms with Crippen LogP contribution >= 0.6 is 0 Å². The van der Waals surface area contributed by atoms with Crippen LogP contribution in [0.5, 0.6) is 0 Å². The number of fused-ring (bicyclic) bond motifs is 1. The molecule has 0 radical (unpaired) electrons. The predicted octanol–water partition coefficient (Wildman–Crippen LogP) is 4.28. The number of amides is 1. The first-order chi connectivity index (χ1) is 14.5. The molecule has 0 spiro atoms. The molecule has 0 bridgehead atoms. The van der Waals surface area contributed by atoms with Crippen LogP contribution in [0.25, 0.3) is 0 Å². The molecule has 3 aliphatic heterocycles. The summed E-state index contributed by atoms with van der Waals surface area (Å²) < 4.78 is 48.3. The van der Waals surface area contributed by atoms with Crippen molar-refractivity contribution in [2.24, 2.45) is 5.92 Å². The van der Waals surface area contributed by atoms with E-state index in [0.29, 0.717) is 43.9 Å². The summed E-state index contributed by atoms with van der Waals surface area (Å²) in [5, 5.41) is 7.64. The summed E-state index contributed by atoms with van der Waals surface area (Å²) in [5.41, 5.74) is 0.325. The molecule has 1 N–H and O–H groups in total. The number of nitrogens with zero attached hydrogens (tertiary/aromatic N) is 3. The Morgan fingerprint density at radius 3 is 2.52 bits per heavy atom. The third-order valence-corrected chi connectivity index (χ3v) is 6.88. The number of nitrogens with one attached hydrogen (secondary N) is 1. The molecule has 3 atom stereocenters. The van der Waals surface area contributed by atoms with Crippen molar-refractivity contribution in [1.82, 2.24) is 14.7 Å². The van der Waals surface area contributed by atoms with Gasteiger partial charge in [-0.15, -0.1) is 0 Å². The number of carbonyl (C=O) groups is 1. The average Bonchev–Trinajstić information content (AvgIpc) is 3.35. The fraction of sp³-hybridized carbons (Fsp3) is 0.818. The van der Waals surface area contributed by atoms with Gasteiger partial charge in [0.15, 0.2) is 6.04 Å². The Kier molecular flexibility index (Phi) is 6.00. The lowest BCUT2D eigenvalue weighted by molar-refractivity contribution is -0.174. The van der Waals surface area contributed by atoms with Gasteiger partial charge in [-0.2, -0.15) is 18.3 Å². The van der Waals surface area contributed by atoms with E-state index in [9.17, 15) is 18.0 Å². The van der Waals surface area contributed by atoms with Crippen LogP contribution in [0.4, 0.5) is 19.0 Å². The Labute approximate surface area is 181 Å². The molecule has 174 valence electrons. The van der Waals surface area contributed by atoms with Gasteiger partial charge in [-0.25, -0.2) is 4.68 Å². The van der Waals surface area contributed by atoms with E-state index in [2.05, 4.69) is 10.4 Å². The van der Waals surface area contributed by atoms with Gasteiger partial charge in [-0.1, -0.05) is 20.8 Å². The van der Waals surface area contributed by atoms with Crippen LogP contribution in [0, 0.1) is 5.92 Å². The van der Waals surface area contributed by atoms with E-state index in [1.165, 1.54) is 0 Å². The van der Waals surface area contributed by atoms with Gasteiger partial charge in [-0.05, 0) is 38.0 Å². The van der Waals surface area contributed by atoms with E-state index in [4.69, 9.17) is 4.74 Å². The Balaban J connectivity index is 1.42. The van der Waals surface area contributed by atoms with Crippen LogP contribution < -0.4 is 5.32 Å². The number of alkyl halides is 3. The zero-order valence-electron chi connectivity index (χ0n) is 18.5. The van der Waals surface area contributed by atoms with Crippen molar-refractivity contribution in [3.63, 3.8) is 0 Å². The monoisotopic (exact) mass is 442 g/mol. The maximum atomic E-state index is 13.9. The van der Waals surface area contributed by atoms with Crippen molar-refractivity contribution >= 4 is 11.7 Å². The molecule has 9 heteroatoms. The summed E-state index contributed by atoms with van der Waals surface area (Å²) >= 11 is 0. The minimum absolute atomic E-state index is 0.0232. The van der Waals surface area contributed by atoms with Crippen molar-refractivity contribution in [2.75, 3.05) is 25.0 Å². The Morgan fingerprint density at radius 1 is 1.23 bits per heavy atom. The lowest BCUT2D eigenvalue weighted by Crippen LogP contribution is -2.47. The van der Waals surface area contributed by atoms with Gasteiger partial charge in [0.25, 0.3) is 0 Å². The number of piperidine rings is 1. The summed E-state index contributed by atoms with van der Waals surface area (Å²) in [6, 6.07) is -0.145. The first-order valence-corrected chi connectivity index (χ1v) is 11.3. The fourth-order valence-corrected chi connectivity index (χ4v) is 4.96. The van der Waals surface area contributed by atoms with Gasteiger partial charge in [0.05, 0.1) is 18.2 Å². The maximum Gasteiger partial charge on any atom is 0.410 e. The van der Waals surface area contributed by atoms with Gasteiger partial charge < -0.3 is 15.0 Å². The van der Waals surface area contributed by atoms with Crippen LogP contribution in [0.3, 0.4) is 0 Å². The van der Waals surface area contributed by atoms with E-state index in [1.54, 1.807) is 6.07 Å². The molecule has 6 nitrogen and oxygen atoms in total. The van der Waals surface area contributed by atoms with E-state index in [0.717, 1.165) is 24.1 Å². The number of halogens is 3. The highest BCUT2D eigenvalue weighted by Crippen LogP contribution is 2.43. The van der Waals surface area contributed by atoms with Crippen molar-refractivity contribution in [3.05, 3.63) is 11.8 Å². The summed E-state index contributed by atoms with van der Waals surface area (Å²) in [7, 11) is 0. The minimum atomic E-state index is -4.35. The third-order valence-electron chi connectivity index (χ3n) is 6.88. The van der Waals surface area contributed by atoms with Crippen LogP contribution in [0.2, 0.25) is 0 Å². The van der Waals surface area contributed by atoms with Crippen molar-refractivity contribution in [3.8, 4) is 0 Å². The fourth-order valence-electron chi connectivity index (χ4n) is 4.96. The standard InChI is InChI=1S/C22H33F3N4O2/c1-21(2,3)17-13-19-26-16(12-18(22(23,24)25)29(19)27-17)14-6-8-28(9-7-14)20(30)11-15-5-4-10-31-15/h13-16,18,26H,4-12H2,1-3H3/t15?,16-,18+/m0/s1. The van der Waals surface area contributed by atoms with Crippen LogP contribution in [-0.4, -0.2) is 58.6 Å². The largest absolute Gasteiger partial charge is 0.410 e. The molecule has 1 unspecified atom stereocenters. The molecule has 1 aromatic rings. The molecule has 31 heavy (non-hydrogen) atoms. The van der Waals surface area contributed by atoms with E-state index >= 15 is 0 Å². The molecular formula is C22H33F3N4O2. The van der Waals surface area contributed by atoms with Gasteiger partial charge in [0, 0.05) is 37.2 Å². The van der Waals surface area contributed by atoms with E-state index in [1.807, 2.05) is 25.7 Å². The predicted molar refractivity (Wildman–Crippen MR) is 111 cm³/mol. The number of likely N-dealkylation sites (tertiary alicyclic amines) is 1. The number of hydrogen-bond donors (Lipinski definition) is 1. The highest BCUT2D eigenvalue weighted by atomic mass is 19.4. The molecule has 1 aromatic heterocycles. The number of anilines is 1. The zero-order valence-corrected chi connectivity index (χ0v) is 18.5. The lowest BCUT2D eigenvalue weighted by atomic mass is 9.84. The van der Waals surface area contributed by atoms with Crippen LogP contribution in [-0.2, 0) is 14.9 Å². The van der Waals surface area contributed by atoms with Crippen molar-refractivity contribution < 1.29 is 22.7 Å². The summed E-state index contributed by atoms with van der Waals surface area (Å²) in [5.74, 6) is 0.641. The summed E-state index contributed by atoms with van der Waals surface area (Å²) in [6.45, 7) is 7.76. The first kappa shape index (κ1) is 22.4. The van der Waals surface area contributed by atoms with Gasteiger partial charge in [0.1, 0.15) is 5.82 Å². The SMILES string of the molecule is CC(C)(C)c1cc2n(n1)[C@@H](C(F)(F)F)C[C@@H](C1CCN(C(=O)CC3CCCO3)CC1)N2. The van der Waals surface area contributed by atoms with Crippen molar-refractivity contribution in [1.29, 1.82) is 0 Å².